The maximum Gasteiger partial charge on any atom is 0.306 e. The molecule has 1 rings (SSSR count). The van der Waals surface area contributed by atoms with Crippen molar-refractivity contribution in [3.63, 3.8) is 0 Å². The van der Waals surface area contributed by atoms with Crippen LogP contribution in [0.1, 0.15) is 150 Å². The molecule has 0 spiro atoms. The van der Waals surface area contributed by atoms with Crippen molar-refractivity contribution < 1.29 is 14.6 Å². The predicted octanol–water partition coefficient (Wildman–Crippen LogP) is 6.89. The van der Waals surface area contributed by atoms with Crippen LogP contribution in [0.25, 0.3) is 0 Å². The van der Waals surface area contributed by atoms with Crippen molar-refractivity contribution in [2.24, 2.45) is 0 Å². The number of ether oxygens (including phenoxy) is 1. The molecule has 1 aliphatic rings. The number of esters is 1. The van der Waals surface area contributed by atoms with E-state index in [0.29, 0.717) is 19.3 Å². The molecule has 0 aliphatic carbocycles. The smallest absolute Gasteiger partial charge is 0.306 e. The summed E-state index contributed by atoms with van der Waals surface area (Å²) in [4.78, 5) is 12.2. The highest BCUT2D eigenvalue weighted by Gasteiger charge is 2.46. The lowest BCUT2D eigenvalue weighted by molar-refractivity contribution is -0.956. The Labute approximate surface area is 193 Å². The van der Waals surface area contributed by atoms with Crippen LogP contribution < -0.4 is 5.06 Å². The van der Waals surface area contributed by atoms with Gasteiger partial charge in [-0.25, -0.2) is 0 Å². The molecule has 0 aromatic carbocycles. The fraction of sp³-hybridized carbons (Fsp3) is 0.963. The summed E-state index contributed by atoms with van der Waals surface area (Å²) in [6.07, 6.45) is 21.6. The molecule has 4 heteroatoms. The molecule has 0 aromatic heterocycles. The van der Waals surface area contributed by atoms with Crippen molar-refractivity contribution in [3.8, 4) is 0 Å². The summed E-state index contributed by atoms with van der Waals surface area (Å²) in [5, 5.41) is 12.8. The number of rotatable bonds is 17. The monoisotopic (exact) mass is 439 g/mol. The fourth-order valence-corrected chi connectivity index (χ4v) is 5.28. The molecule has 1 N–H and O–H groups in total. The first-order chi connectivity index (χ1) is 14.7. The molecule has 1 saturated heterocycles. The predicted molar refractivity (Wildman–Crippen MR) is 131 cm³/mol. The number of piperidine rings is 1. The molecule has 0 saturated carbocycles. The van der Waals surface area contributed by atoms with Gasteiger partial charge in [-0.3, -0.25) is 4.79 Å². The van der Waals surface area contributed by atoms with Crippen LogP contribution in [0.15, 0.2) is 0 Å². The topological polar surface area (TPSA) is 53.8 Å². The van der Waals surface area contributed by atoms with Crippen molar-refractivity contribution in [1.82, 2.24) is 0 Å². The molecule has 0 bridgehead atoms. The van der Waals surface area contributed by atoms with Crippen LogP contribution in [-0.2, 0) is 9.53 Å². The molecule has 0 aromatic rings. The number of nitrogens with one attached hydrogen (secondary N) is 1. The summed E-state index contributed by atoms with van der Waals surface area (Å²) in [5.41, 5.74) is -0.803. The van der Waals surface area contributed by atoms with E-state index >= 15 is 0 Å². The van der Waals surface area contributed by atoms with E-state index in [0.717, 1.165) is 12.8 Å². The van der Waals surface area contributed by atoms with Gasteiger partial charge in [0.1, 0.15) is 6.10 Å². The van der Waals surface area contributed by atoms with E-state index in [9.17, 15) is 10.0 Å². The second-order valence-electron chi connectivity index (χ2n) is 11.3. The van der Waals surface area contributed by atoms with Gasteiger partial charge >= 0.3 is 5.97 Å². The molecule has 0 radical (unpaired) electrons. The Balaban J connectivity index is 1.95. The van der Waals surface area contributed by atoms with Gasteiger partial charge in [-0.05, 0) is 34.1 Å². The van der Waals surface area contributed by atoms with Crippen LogP contribution in [-0.4, -0.2) is 23.2 Å². The first-order valence-corrected chi connectivity index (χ1v) is 13.4. The first kappa shape index (κ1) is 28.4. The van der Waals surface area contributed by atoms with E-state index in [-0.39, 0.29) is 17.1 Å². The molecule has 31 heavy (non-hydrogen) atoms. The van der Waals surface area contributed by atoms with Crippen LogP contribution >= 0.6 is 0 Å². The summed E-state index contributed by atoms with van der Waals surface area (Å²) in [7, 11) is 0. The van der Waals surface area contributed by atoms with Crippen LogP contribution in [0, 0.1) is 5.21 Å². The first-order valence-electron chi connectivity index (χ1n) is 13.4. The number of hydroxylamine groups is 2. The zero-order valence-corrected chi connectivity index (χ0v) is 21.5. The Hall–Kier alpha value is -0.610. The van der Waals surface area contributed by atoms with Crippen LogP contribution in [0.2, 0.25) is 0 Å². The molecule has 0 unspecified atom stereocenters. The van der Waals surface area contributed by atoms with Crippen LogP contribution in [0.5, 0.6) is 0 Å². The van der Waals surface area contributed by atoms with Crippen molar-refractivity contribution in [3.05, 3.63) is 5.21 Å². The van der Waals surface area contributed by atoms with E-state index in [1.165, 1.54) is 83.5 Å². The maximum absolute atomic E-state index is 12.5. The van der Waals surface area contributed by atoms with Gasteiger partial charge in [0.25, 0.3) is 0 Å². The van der Waals surface area contributed by atoms with Gasteiger partial charge in [0, 0.05) is 19.3 Å². The van der Waals surface area contributed by atoms with Gasteiger partial charge in [-0.2, -0.15) is 0 Å². The molecule has 1 fully saturated rings. The number of quaternary nitrogens is 1. The minimum absolute atomic E-state index is 0.0827. The largest absolute Gasteiger partial charge is 0.634 e. The highest BCUT2D eigenvalue weighted by molar-refractivity contribution is 5.69. The Bertz CT molecular complexity index is 457. The molecule has 4 nitrogen and oxygen atoms in total. The number of carbonyl (C=O) groups excluding carboxylic acids is 1. The summed E-state index contributed by atoms with van der Waals surface area (Å²) in [5.74, 6) is -0.0827. The Morgan fingerprint density at radius 1 is 0.742 bits per heavy atom. The van der Waals surface area contributed by atoms with Gasteiger partial charge < -0.3 is 15.0 Å². The minimum atomic E-state index is -0.401. The second-order valence-corrected chi connectivity index (χ2v) is 11.3. The average Bonchev–Trinajstić information content (AvgIpc) is 2.68. The van der Waals surface area contributed by atoms with Gasteiger partial charge in [-0.1, -0.05) is 96.8 Å². The quantitative estimate of drug-likeness (QED) is 0.152. The summed E-state index contributed by atoms with van der Waals surface area (Å²) in [6, 6.07) is 0. The van der Waals surface area contributed by atoms with Gasteiger partial charge in [0.15, 0.2) is 0 Å². The molecular weight excluding hydrogens is 386 g/mol. The Morgan fingerprint density at radius 3 is 1.48 bits per heavy atom. The number of hydrogen-bond donors (Lipinski definition) is 1. The average molecular weight is 440 g/mol. The SMILES string of the molecule is CCCCCCCCCCCCCCCCCC(=O)OC1CC(C)(C)[NH+]([O-])C(C)(C)C1. The minimum Gasteiger partial charge on any atom is -0.634 e. The Kier molecular flexibility index (Phi) is 14.0. The van der Waals surface area contributed by atoms with Crippen molar-refractivity contribution in [2.75, 3.05) is 0 Å². The van der Waals surface area contributed by atoms with Crippen LogP contribution in [0.4, 0.5) is 0 Å². The van der Waals surface area contributed by atoms with Crippen molar-refractivity contribution >= 4 is 5.97 Å². The molecule has 0 atom stereocenters. The highest BCUT2D eigenvalue weighted by atomic mass is 16.5. The maximum atomic E-state index is 12.5. The summed E-state index contributed by atoms with van der Waals surface area (Å²) >= 11 is 0. The fourth-order valence-electron chi connectivity index (χ4n) is 5.28. The number of unbranched alkanes of at least 4 members (excludes halogenated alkanes) is 14. The van der Waals surface area contributed by atoms with E-state index in [4.69, 9.17) is 4.74 Å². The lowest BCUT2D eigenvalue weighted by atomic mass is 9.80. The molecular formula is C27H53NO3. The third-order valence-corrected chi connectivity index (χ3v) is 6.99. The standard InChI is InChI=1S/C27H53NO3/c1-6-7-8-9-10-11-12-13-14-15-16-17-18-19-20-21-25(29)31-24-22-26(2,3)28(30)27(4,5)23-24/h24,28H,6-23H2,1-5H3. The zero-order valence-electron chi connectivity index (χ0n) is 21.5. The van der Waals surface area contributed by atoms with Gasteiger partial charge in [-0.15, -0.1) is 0 Å². The highest BCUT2D eigenvalue weighted by Crippen LogP contribution is 2.26. The molecule has 1 heterocycles. The van der Waals surface area contributed by atoms with Crippen LogP contribution in [0.3, 0.4) is 0 Å². The normalized spacial score (nSPS) is 22.4. The van der Waals surface area contributed by atoms with Crippen molar-refractivity contribution in [2.45, 2.75) is 167 Å². The second kappa shape index (κ2) is 15.3. The number of hydrogen-bond acceptors (Lipinski definition) is 3. The van der Waals surface area contributed by atoms with Crippen molar-refractivity contribution in [1.29, 1.82) is 0 Å². The van der Waals surface area contributed by atoms with E-state index < -0.39 is 11.1 Å². The van der Waals surface area contributed by atoms with Gasteiger partial charge in [0.2, 0.25) is 0 Å². The van der Waals surface area contributed by atoms with E-state index in [1.807, 2.05) is 27.7 Å². The van der Waals surface area contributed by atoms with Gasteiger partial charge in [0.05, 0.1) is 11.1 Å². The third-order valence-electron chi connectivity index (χ3n) is 6.99. The summed E-state index contributed by atoms with van der Waals surface area (Å²) < 4.78 is 5.74. The molecule has 0 amide bonds. The molecule has 1 aliphatic heterocycles. The zero-order chi connectivity index (χ0) is 23.2. The third kappa shape index (κ3) is 12.3. The number of carbonyl (C=O) groups is 1. The molecule has 184 valence electrons. The van der Waals surface area contributed by atoms with E-state index in [2.05, 4.69) is 6.92 Å². The van der Waals surface area contributed by atoms with E-state index in [1.54, 1.807) is 0 Å². The Morgan fingerprint density at radius 2 is 1.10 bits per heavy atom. The lowest BCUT2D eigenvalue weighted by Gasteiger charge is -2.54. The lowest BCUT2D eigenvalue weighted by Crippen LogP contribution is -3.23. The summed E-state index contributed by atoms with van der Waals surface area (Å²) in [6.45, 7) is 10.2.